The van der Waals surface area contributed by atoms with Crippen LogP contribution >= 0.6 is 0 Å². The fraction of sp³-hybridized carbons (Fsp3) is 0.118. The third-order valence-corrected chi connectivity index (χ3v) is 3.19. The summed E-state index contributed by atoms with van der Waals surface area (Å²) in [6.45, 7) is 2.06. The number of hydrogen-bond acceptors (Lipinski definition) is 5. The molecule has 0 amide bonds. The van der Waals surface area contributed by atoms with E-state index in [0.29, 0.717) is 17.5 Å². The van der Waals surface area contributed by atoms with Gasteiger partial charge in [0, 0.05) is 5.56 Å². The molecule has 2 aromatic carbocycles. The zero-order chi connectivity index (χ0) is 16.2. The Hall–Kier alpha value is -3.15. The summed E-state index contributed by atoms with van der Waals surface area (Å²) in [6.07, 6.45) is 0. The van der Waals surface area contributed by atoms with E-state index in [1.165, 1.54) is 12.1 Å². The molecule has 0 aliphatic heterocycles. The molecule has 0 aliphatic rings. The summed E-state index contributed by atoms with van der Waals surface area (Å²) in [5.41, 5.74) is 2.14. The Labute approximate surface area is 132 Å². The second kappa shape index (κ2) is 6.31. The normalized spacial score (nSPS) is 10.5. The maximum absolute atomic E-state index is 10.9. The Balaban J connectivity index is 1.70. The lowest BCUT2D eigenvalue weighted by Crippen LogP contribution is -1.99. The highest BCUT2D eigenvalue weighted by molar-refractivity contribution is 5.87. The first kappa shape index (κ1) is 14.8. The molecule has 0 unspecified atom stereocenters. The van der Waals surface area contributed by atoms with Crippen LogP contribution in [-0.2, 0) is 6.61 Å². The predicted molar refractivity (Wildman–Crippen MR) is 82.2 cm³/mol. The molecule has 23 heavy (non-hydrogen) atoms. The average Bonchev–Trinajstić information content (AvgIpc) is 3.02. The first-order valence-electron chi connectivity index (χ1n) is 6.97. The number of nitrogens with zero attached hydrogens (tertiary/aromatic N) is 2. The van der Waals surface area contributed by atoms with E-state index in [2.05, 4.69) is 10.1 Å². The number of ether oxygens (including phenoxy) is 1. The van der Waals surface area contributed by atoms with Gasteiger partial charge in [-0.05, 0) is 31.2 Å². The Bertz CT molecular complexity index is 842. The maximum atomic E-state index is 10.9. The van der Waals surface area contributed by atoms with Gasteiger partial charge in [0.2, 0.25) is 5.82 Å². The highest BCUT2D eigenvalue weighted by atomic mass is 16.5. The molecule has 116 valence electrons. The summed E-state index contributed by atoms with van der Waals surface area (Å²) >= 11 is 0. The molecular weight excluding hydrogens is 296 g/mol. The molecular formula is C17H14N2O4. The van der Waals surface area contributed by atoms with Crippen LogP contribution in [0, 0.1) is 6.92 Å². The Morgan fingerprint density at radius 3 is 2.83 bits per heavy atom. The second-order valence-electron chi connectivity index (χ2n) is 5.00. The van der Waals surface area contributed by atoms with E-state index in [9.17, 15) is 4.79 Å². The zero-order valence-corrected chi connectivity index (χ0v) is 12.4. The van der Waals surface area contributed by atoms with E-state index in [1.54, 1.807) is 12.1 Å². The van der Waals surface area contributed by atoms with Crippen LogP contribution in [0.15, 0.2) is 53.1 Å². The maximum Gasteiger partial charge on any atom is 0.335 e. The molecule has 0 aliphatic carbocycles. The van der Waals surface area contributed by atoms with E-state index < -0.39 is 5.97 Å². The van der Waals surface area contributed by atoms with E-state index in [0.717, 1.165) is 11.1 Å². The highest BCUT2D eigenvalue weighted by Gasteiger charge is 2.10. The van der Waals surface area contributed by atoms with E-state index in [-0.39, 0.29) is 12.2 Å². The zero-order valence-electron chi connectivity index (χ0n) is 12.4. The van der Waals surface area contributed by atoms with E-state index >= 15 is 0 Å². The number of aryl methyl sites for hydroxylation is 1. The third-order valence-electron chi connectivity index (χ3n) is 3.19. The van der Waals surface area contributed by atoms with Crippen LogP contribution in [0.4, 0.5) is 0 Å². The van der Waals surface area contributed by atoms with Crippen molar-refractivity contribution in [3.8, 4) is 17.1 Å². The van der Waals surface area contributed by atoms with Gasteiger partial charge in [0.1, 0.15) is 5.75 Å². The van der Waals surface area contributed by atoms with Gasteiger partial charge in [0.25, 0.3) is 5.89 Å². The number of carboxylic acid groups (broad SMARTS) is 1. The van der Waals surface area contributed by atoms with Gasteiger partial charge in [-0.3, -0.25) is 0 Å². The number of carboxylic acids is 1. The molecule has 1 aromatic heterocycles. The van der Waals surface area contributed by atoms with Gasteiger partial charge in [-0.1, -0.05) is 35.0 Å². The van der Waals surface area contributed by atoms with Gasteiger partial charge in [-0.2, -0.15) is 4.98 Å². The summed E-state index contributed by atoms with van der Waals surface area (Å²) in [7, 11) is 0. The van der Waals surface area contributed by atoms with Crippen LogP contribution < -0.4 is 4.74 Å². The van der Waals surface area contributed by atoms with Crippen molar-refractivity contribution in [3.05, 3.63) is 65.5 Å². The molecule has 0 atom stereocenters. The average molecular weight is 310 g/mol. The van der Waals surface area contributed by atoms with Gasteiger partial charge in [-0.25, -0.2) is 4.79 Å². The van der Waals surface area contributed by atoms with Crippen molar-refractivity contribution in [1.82, 2.24) is 10.1 Å². The molecule has 3 rings (SSSR count). The van der Waals surface area contributed by atoms with Crippen molar-refractivity contribution in [2.75, 3.05) is 0 Å². The summed E-state index contributed by atoms with van der Waals surface area (Å²) in [5, 5.41) is 12.9. The molecule has 3 aromatic rings. The Morgan fingerprint density at radius 1 is 1.22 bits per heavy atom. The molecule has 6 nitrogen and oxygen atoms in total. The Kier molecular flexibility index (Phi) is 4.05. The van der Waals surface area contributed by atoms with Crippen molar-refractivity contribution in [2.45, 2.75) is 13.5 Å². The summed E-state index contributed by atoms with van der Waals surface area (Å²) in [4.78, 5) is 15.2. The topological polar surface area (TPSA) is 85.5 Å². The minimum absolute atomic E-state index is 0.0713. The Morgan fingerprint density at radius 2 is 2.04 bits per heavy atom. The minimum Gasteiger partial charge on any atom is -0.484 e. The molecule has 6 heteroatoms. The monoisotopic (exact) mass is 310 g/mol. The summed E-state index contributed by atoms with van der Waals surface area (Å²) in [5.74, 6) is 0.240. The van der Waals surface area contributed by atoms with Crippen LogP contribution in [0.3, 0.4) is 0 Å². The minimum atomic E-state index is -1.00. The number of aromatic nitrogens is 2. The standard InChI is InChI=1S/C17H14N2O4/c1-11-4-2-5-12(8-11)16-18-15(23-19-16)10-22-14-7-3-6-13(9-14)17(20)21/h2-9H,10H2,1H3,(H,20,21). The number of benzene rings is 2. The van der Waals surface area contributed by atoms with Crippen LogP contribution in [0.2, 0.25) is 0 Å². The fourth-order valence-corrected chi connectivity index (χ4v) is 2.08. The lowest BCUT2D eigenvalue weighted by Gasteiger charge is -2.03. The first-order chi connectivity index (χ1) is 11.1. The quantitative estimate of drug-likeness (QED) is 0.778. The number of hydrogen-bond donors (Lipinski definition) is 1. The molecule has 0 saturated carbocycles. The number of aromatic carboxylic acids is 1. The van der Waals surface area contributed by atoms with Crippen molar-refractivity contribution in [3.63, 3.8) is 0 Å². The van der Waals surface area contributed by atoms with Crippen LogP contribution in [0.5, 0.6) is 5.75 Å². The molecule has 0 spiro atoms. The first-order valence-corrected chi connectivity index (χ1v) is 6.97. The van der Waals surface area contributed by atoms with Crippen LogP contribution in [0.25, 0.3) is 11.4 Å². The van der Waals surface area contributed by atoms with Gasteiger partial charge >= 0.3 is 5.97 Å². The lowest BCUT2D eigenvalue weighted by molar-refractivity contribution is 0.0696. The third kappa shape index (κ3) is 3.55. The molecule has 0 bridgehead atoms. The van der Waals surface area contributed by atoms with Gasteiger partial charge in [0.15, 0.2) is 6.61 Å². The summed E-state index contributed by atoms with van der Waals surface area (Å²) < 4.78 is 10.7. The fourth-order valence-electron chi connectivity index (χ4n) is 2.08. The lowest BCUT2D eigenvalue weighted by atomic mass is 10.1. The SMILES string of the molecule is Cc1cccc(-c2noc(COc3cccc(C(=O)O)c3)n2)c1. The smallest absolute Gasteiger partial charge is 0.335 e. The van der Waals surface area contributed by atoms with E-state index in [4.69, 9.17) is 14.4 Å². The number of carbonyl (C=O) groups is 1. The van der Waals surface area contributed by atoms with Gasteiger partial charge in [0.05, 0.1) is 5.56 Å². The molecule has 1 heterocycles. The van der Waals surface area contributed by atoms with Crippen molar-refractivity contribution < 1.29 is 19.2 Å². The van der Waals surface area contributed by atoms with Crippen LogP contribution in [0.1, 0.15) is 21.8 Å². The molecule has 0 fully saturated rings. The second-order valence-corrected chi connectivity index (χ2v) is 5.00. The van der Waals surface area contributed by atoms with E-state index in [1.807, 2.05) is 31.2 Å². The van der Waals surface area contributed by atoms with Crippen molar-refractivity contribution in [2.24, 2.45) is 0 Å². The molecule has 1 N–H and O–H groups in total. The van der Waals surface area contributed by atoms with Gasteiger partial charge in [-0.15, -0.1) is 0 Å². The highest BCUT2D eigenvalue weighted by Crippen LogP contribution is 2.18. The largest absolute Gasteiger partial charge is 0.484 e. The summed E-state index contributed by atoms with van der Waals surface area (Å²) in [6, 6.07) is 14.0. The van der Waals surface area contributed by atoms with Crippen molar-refractivity contribution in [1.29, 1.82) is 0 Å². The van der Waals surface area contributed by atoms with Gasteiger partial charge < -0.3 is 14.4 Å². The van der Waals surface area contributed by atoms with Crippen LogP contribution in [-0.4, -0.2) is 21.2 Å². The molecule has 0 saturated heterocycles. The number of rotatable bonds is 5. The predicted octanol–water partition coefficient (Wildman–Crippen LogP) is 3.32. The van der Waals surface area contributed by atoms with Crippen molar-refractivity contribution >= 4 is 5.97 Å². The molecule has 0 radical (unpaired) electrons.